The van der Waals surface area contributed by atoms with Crippen molar-refractivity contribution in [1.82, 2.24) is 14.5 Å². The molecular formula is C22H23ClFN3O2. The number of aromatic nitrogens is 2. The second kappa shape index (κ2) is 8.51. The maximum atomic E-state index is 13.8. The smallest absolute Gasteiger partial charge is 0.305 e. The van der Waals surface area contributed by atoms with Crippen molar-refractivity contribution >= 4 is 28.4 Å². The Bertz CT molecular complexity index is 1260. The van der Waals surface area contributed by atoms with Gasteiger partial charge < -0.3 is 9.88 Å². The van der Waals surface area contributed by atoms with Gasteiger partial charge in [-0.05, 0) is 81.3 Å². The highest BCUT2D eigenvalue weighted by Crippen LogP contribution is 2.22. The van der Waals surface area contributed by atoms with E-state index in [1.165, 1.54) is 0 Å². The van der Waals surface area contributed by atoms with E-state index in [1.54, 1.807) is 16.7 Å². The van der Waals surface area contributed by atoms with E-state index in [0.717, 1.165) is 18.5 Å². The summed E-state index contributed by atoms with van der Waals surface area (Å²) in [4.78, 5) is 30.2. The molecule has 0 unspecified atom stereocenters. The van der Waals surface area contributed by atoms with Crippen molar-refractivity contribution in [3.63, 3.8) is 0 Å². The van der Waals surface area contributed by atoms with Gasteiger partial charge in [0.05, 0.1) is 16.5 Å². The molecule has 1 fully saturated rings. The molecule has 0 bridgehead atoms. The Kier molecular flexibility index (Phi) is 4.52. The van der Waals surface area contributed by atoms with Gasteiger partial charge in [0.1, 0.15) is 5.82 Å². The number of imidazole rings is 1. The number of H-pyrrole nitrogens is 1. The van der Waals surface area contributed by atoms with Crippen LogP contribution in [0.2, 0.25) is 5.02 Å². The number of nitrogens with one attached hydrogen (secondary N) is 1. The standard InChI is InChI=1S/C22H23ClFN3O2/c23-17-4-7-20-19(14-17)25-22(29)27(20)11-1-10-26-12-8-16(9-13-26)21(28)15-2-5-18(24)6-3-15/h2-7,14,16H,1,8-13H2,(H,25,29)/i2D,3D,5D,6D. The minimum atomic E-state index is -1.24. The van der Waals surface area contributed by atoms with Crippen LogP contribution in [-0.4, -0.2) is 39.9 Å². The van der Waals surface area contributed by atoms with E-state index >= 15 is 0 Å². The highest BCUT2D eigenvalue weighted by atomic mass is 35.5. The lowest BCUT2D eigenvalue weighted by Crippen LogP contribution is -2.37. The van der Waals surface area contributed by atoms with E-state index in [2.05, 4.69) is 9.88 Å². The second-order valence-electron chi connectivity index (χ2n) is 7.27. The van der Waals surface area contributed by atoms with E-state index in [4.69, 9.17) is 17.1 Å². The minimum Gasteiger partial charge on any atom is -0.305 e. The molecule has 0 saturated carbocycles. The van der Waals surface area contributed by atoms with Gasteiger partial charge in [-0.3, -0.25) is 9.36 Å². The maximum Gasteiger partial charge on any atom is 0.326 e. The van der Waals surface area contributed by atoms with E-state index in [9.17, 15) is 14.0 Å². The van der Waals surface area contributed by atoms with Crippen LogP contribution in [-0.2, 0) is 6.54 Å². The maximum absolute atomic E-state index is 13.8. The van der Waals surface area contributed by atoms with Gasteiger partial charge in [0.25, 0.3) is 0 Å². The molecule has 29 heavy (non-hydrogen) atoms. The molecule has 2 aromatic carbocycles. The lowest BCUT2D eigenvalue weighted by molar-refractivity contribution is 0.0838. The SMILES string of the molecule is [2H]c1c([2H])c(C(=O)C2CCN(CCCn3c(=O)[nH]c4cc(Cl)ccc43)CC2)c([2H])c([2H])c1F. The number of benzene rings is 2. The van der Waals surface area contributed by atoms with Crippen LogP contribution in [0.3, 0.4) is 0 Å². The van der Waals surface area contributed by atoms with Crippen LogP contribution in [0.25, 0.3) is 11.0 Å². The first-order valence-corrected chi connectivity index (χ1v) is 9.97. The fourth-order valence-electron chi connectivity index (χ4n) is 3.85. The number of ketones is 1. The number of hydrogen-bond donors (Lipinski definition) is 1. The Morgan fingerprint density at radius 3 is 2.66 bits per heavy atom. The van der Waals surface area contributed by atoms with Crippen molar-refractivity contribution in [1.29, 1.82) is 0 Å². The van der Waals surface area contributed by atoms with E-state index in [1.807, 2.05) is 6.07 Å². The zero-order valence-corrected chi connectivity index (χ0v) is 16.5. The summed E-state index contributed by atoms with van der Waals surface area (Å²) in [6, 6.07) is 2.41. The molecule has 152 valence electrons. The Labute approximate surface area is 178 Å². The minimum absolute atomic E-state index is 0.184. The number of likely N-dealkylation sites (tertiary alicyclic amines) is 1. The first-order chi connectivity index (χ1) is 15.7. The Balaban J connectivity index is 1.35. The van der Waals surface area contributed by atoms with Gasteiger partial charge in [-0.25, -0.2) is 9.18 Å². The second-order valence-corrected chi connectivity index (χ2v) is 7.70. The number of carbonyl (C=O) groups is 1. The largest absolute Gasteiger partial charge is 0.326 e. The summed E-state index contributed by atoms with van der Waals surface area (Å²) in [6.45, 7) is 2.55. The van der Waals surface area contributed by atoms with Gasteiger partial charge in [-0.1, -0.05) is 11.6 Å². The topological polar surface area (TPSA) is 58.1 Å². The lowest BCUT2D eigenvalue weighted by atomic mass is 9.89. The highest BCUT2D eigenvalue weighted by molar-refractivity contribution is 6.31. The number of carbonyl (C=O) groups excluding carboxylic acids is 1. The zero-order valence-electron chi connectivity index (χ0n) is 19.7. The molecular weight excluding hydrogens is 393 g/mol. The molecule has 1 saturated heterocycles. The van der Waals surface area contributed by atoms with Crippen LogP contribution in [0.15, 0.2) is 47.2 Å². The molecule has 7 heteroatoms. The molecule has 1 aliphatic rings. The molecule has 0 spiro atoms. The fraction of sp³-hybridized carbons (Fsp3) is 0.364. The fourth-order valence-corrected chi connectivity index (χ4v) is 4.03. The summed E-state index contributed by atoms with van der Waals surface area (Å²) in [5.41, 5.74) is 0.981. The van der Waals surface area contributed by atoms with E-state index in [-0.39, 0.29) is 11.3 Å². The summed E-state index contributed by atoms with van der Waals surface area (Å²) in [5.74, 6) is -2.14. The van der Waals surface area contributed by atoms with Crippen molar-refractivity contribution < 1.29 is 14.7 Å². The molecule has 0 amide bonds. The molecule has 1 aromatic heterocycles. The predicted octanol–water partition coefficient (Wildman–Crippen LogP) is 4.11. The molecule has 3 aromatic rings. The molecule has 0 radical (unpaired) electrons. The van der Waals surface area contributed by atoms with Crippen molar-refractivity contribution in [2.24, 2.45) is 5.92 Å². The summed E-state index contributed by atoms with van der Waals surface area (Å²) in [5, 5.41) is 0.557. The summed E-state index contributed by atoms with van der Waals surface area (Å²) >= 11 is 5.98. The summed E-state index contributed by atoms with van der Waals surface area (Å²) in [6.07, 6.45) is 1.77. The number of halogens is 2. The lowest BCUT2D eigenvalue weighted by Gasteiger charge is -2.31. The number of Topliss-reactive ketones (excluding diaryl/α,β-unsaturated/α-hetero) is 1. The van der Waals surface area contributed by atoms with Crippen LogP contribution < -0.4 is 5.69 Å². The zero-order chi connectivity index (χ0) is 23.9. The van der Waals surface area contributed by atoms with Gasteiger partial charge in [0, 0.05) is 23.0 Å². The van der Waals surface area contributed by atoms with Gasteiger partial charge in [-0.15, -0.1) is 0 Å². The van der Waals surface area contributed by atoms with Gasteiger partial charge in [0.2, 0.25) is 0 Å². The number of hydrogen-bond acceptors (Lipinski definition) is 3. The molecule has 0 atom stereocenters. The molecule has 5 nitrogen and oxygen atoms in total. The molecule has 0 aliphatic carbocycles. The first kappa shape index (κ1) is 15.4. The van der Waals surface area contributed by atoms with Crippen molar-refractivity contribution in [3.05, 3.63) is 69.3 Å². The predicted molar refractivity (Wildman–Crippen MR) is 112 cm³/mol. The molecule has 1 aliphatic heterocycles. The van der Waals surface area contributed by atoms with Crippen LogP contribution in [0.4, 0.5) is 4.39 Å². The van der Waals surface area contributed by atoms with Crippen molar-refractivity contribution in [3.8, 4) is 0 Å². The Hall–Kier alpha value is -2.44. The van der Waals surface area contributed by atoms with Gasteiger partial charge in [0.15, 0.2) is 5.78 Å². The average Bonchev–Trinajstić information content (AvgIpc) is 3.11. The van der Waals surface area contributed by atoms with Crippen LogP contribution in [0, 0.1) is 11.7 Å². The average molecular weight is 420 g/mol. The van der Waals surface area contributed by atoms with Gasteiger partial charge >= 0.3 is 5.69 Å². The van der Waals surface area contributed by atoms with Crippen molar-refractivity contribution in [2.45, 2.75) is 25.8 Å². The van der Waals surface area contributed by atoms with Gasteiger partial charge in [-0.2, -0.15) is 0 Å². The van der Waals surface area contributed by atoms with E-state index < -0.39 is 41.7 Å². The quantitative estimate of drug-likeness (QED) is 0.612. The Morgan fingerprint density at radius 2 is 1.93 bits per heavy atom. The number of aromatic amines is 1. The monoisotopic (exact) mass is 419 g/mol. The number of nitrogens with zero attached hydrogens (tertiary/aromatic N) is 2. The summed E-state index contributed by atoms with van der Waals surface area (Å²) in [7, 11) is 0. The number of piperidine rings is 1. The third-order valence-electron chi connectivity index (χ3n) is 5.39. The molecule has 1 N–H and O–H groups in total. The van der Waals surface area contributed by atoms with E-state index in [0.29, 0.717) is 43.0 Å². The Morgan fingerprint density at radius 1 is 1.21 bits per heavy atom. The molecule has 4 rings (SSSR count). The van der Waals surface area contributed by atoms with Crippen LogP contribution >= 0.6 is 11.6 Å². The number of aryl methyl sites for hydroxylation is 1. The number of fused-ring (bicyclic) bond motifs is 1. The van der Waals surface area contributed by atoms with Crippen molar-refractivity contribution in [2.75, 3.05) is 19.6 Å². The number of rotatable bonds is 6. The van der Waals surface area contributed by atoms with Crippen LogP contribution in [0.5, 0.6) is 0 Å². The third-order valence-corrected chi connectivity index (χ3v) is 5.63. The first-order valence-electron chi connectivity index (χ1n) is 11.6. The third kappa shape index (κ3) is 4.43. The summed E-state index contributed by atoms with van der Waals surface area (Å²) < 4.78 is 46.5. The van der Waals surface area contributed by atoms with Crippen LogP contribution in [0.1, 0.15) is 35.1 Å². The normalized spacial score (nSPS) is 17.7. The molecule has 2 heterocycles. The highest BCUT2D eigenvalue weighted by Gasteiger charge is 2.25.